The van der Waals surface area contributed by atoms with Crippen LogP contribution in [0.1, 0.15) is 16.2 Å². The molecule has 0 aliphatic carbocycles. The van der Waals surface area contributed by atoms with Crippen molar-refractivity contribution in [1.82, 2.24) is 15.6 Å². The molecule has 21 heavy (non-hydrogen) atoms. The Morgan fingerprint density at radius 2 is 2.19 bits per heavy atom. The molecule has 0 unspecified atom stereocenters. The van der Waals surface area contributed by atoms with E-state index in [2.05, 4.69) is 15.6 Å². The molecule has 0 saturated heterocycles. The summed E-state index contributed by atoms with van der Waals surface area (Å²) in [4.78, 5) is 26.8. The van der Waals surface area contributed by atoms with E-state index >= 15 is 0 Å². The topological polar surface area (TPSA) is 107 Å². The lowest BCUT2D eigenvalue weighted by atomic mass is 10.3. The number of furan rings is 1. The maximum atomic E-state index is 12.0. The van der Waals surface area contributed by atoms with Crippen molar-refractivity contribution in [3.05, 3.63) is 53.9 Å². The van der Waals surface area contributed by atoms with E-state index in [1.54, 1.807) is 24.4 Å². The Hall–Kier alpha value is -2.80. The Kier molecular flexibility index (Phi) is 4.94. The first-order valence-corrected chi connectivity index (χ1v) is 6.29. The van der Waals surface area contributed by atoms with E-state index in [0.29, 0.717) is 5.69 Å². The molecule has 110 valence electrons. The first kappa shape index (κ1) is 14.6. The quantitative estimate of drug-likeness (QED) is 0.580. The van der Waals surface area contributed by atoms with Crippen LogP contribution in [0.4, 0.5) is 0 Å². The molecular weight excluding hydrogens is 274 g/mol. The van der Waals surface area contributed by atoms with E-state index in [1.807, 2.05) is 0 Å². The molecular formula is C14H15N3O4. The second kappa shape index (κ2) is 7.11. The maximum absolute atomic E-state index is 12.0. The van der Waals surface area contributed by atoms with Crippen molar-refractivity contribution in [2.75, 3.05) is 13.2 Å². The number of nitrogens with one attached hydrogen (secondary N) is 3. The summed E-state index contributed by atoms with van der Waals surface area (Å²) in [6.07, 6.45) is 4.56. The van der Waals surface area contributed by atoms with Gasteiger partial charge in [0.1, 0.15) is 5.70 Å². The highest BCUT2D eigenvalue weighted by Gasteiger charge is 2.16. The second-order valence-corrected chi connectivity index (χ2v) is 4.09. The first-order chi connectivity index (χ1) is 10.2. The van der Waals surface area contributed by atoms with Crippen LogP contribution in [-0.2, 0) is 4.79 Å². The van der Waals surface area contributed by atoms with Crippen LogP contribution in [0.25, 0.3) is 6.08 Å². The van der Waals surface area contributed by atoms with Crippen LogP contribution in [0.15, 0.2) is 46.8 Å². The Morgan fingerprint density at radius 1 is 1.33 bits per heavy atom. The number of rotatable bonds is 6. The summed E-state index contributed by atoms with van der Waals surface area (Å²) in [5.41, 5.74) is 0.705. The number of aromatic nitrogens is 1. The molecule has 2 aromatic heterocycles. The third kappa shape index (κ3) is 4.08. The number of H-pyrrole nitrogens is 1. The summed E-state index contributed by atoms with van der Waals surface area (Å²) < 4.78 is 4.97. The monoisotopic (exact) mass is 289 g/mol. The molecule has 0 radical (unpaired) electrons. The minimum absolute atomic E-state index is 0.0484. The van der Waals surface area contributed by atoms with Gasteiger partial charge in [-0.05, 0) is 30.3 Å². The summed E-state index contributed by atoms with van der Waals surface area (Å²) in [5.74, 6) is -0.933. The van der Waals surface area contributed by atoms with Crippen LogP contribution < -0.4 is 10.6 Å². The highest BCUT2D eigenvalue weighted by atomic mass is 16.3. The SMILES string of the molecule is O=C(NCCO)C(=Cc1ccc[nH]1)NC(=O)c1ccco1. The summed E-state index contributed by atoms with van der Waals surface area (Å²) in [6, 6.07) is 6.59. The van der Waals surface area contributed by atoms with Crippen molar-refractivity contribution >= 4 is 17.9 Å². The maximum Gasteiger partial charge on any atom is 0.291 e. The van der Waals surface area contributed by atoms with Crippen LogP contribution in [-0.4, -0.2) is 35.1 Å². The smallest absolute Gasteiger partial charge is 0.291 e. The molecule has 2 amide bonds. The Bertz CT molecular complexity index is 615. The number of carbonyl (C=O) groups excluding carboxylic acids is 2. The predicted octanol–water partition coefficient (Wildman–Crippen LogP) is 0.487. The van der Waals surface area contributed by atoms with E-state index in [4.69, 9.17) is 9.52 Å². The summed E-state index contributed by atoms with van der Waals surface area (Å²) >= 11 is 0. The molecule has 7 heteroatoms. The van der Waals surface area contributed by atoms with Crippen molar-refractivity contribution in [2.45, 2.75) is 0 Å². The Labute approximate surface area is 120 Å². The average Bonchev–Trinajstić information content (AvgIpc) is 3.16. The minimum atomic E-state index is -0.531. The van der Waals surface area contributed by atoms with Gasteiger partial charge in [0.25, 0.3) is 11.8 Å². The van der Waals surface area contributed by atoms with E-state index < -0.39 is 11.8 Å². The standard InChI is InChI=1S/C14H15N3O4/c18-7-6-16-13(19)11(9-10-3-1-5-15-10)17-14(20)12-4-2-8-21-12/h1-5,8-9,15,18H,6-7H2,(H,16,19)(H,17,20). The fraction of sp³-hybridized carbons (Fsp3) is 0.143. The average molecular weight is 289 g/mol. The van der Waals surface area contributed by atoms with E-state index in [0.717, 1.165) is 0 Å². The van der Waals surface area contributed by atoms with Gasteiger partial charge in [-0.1, -0.05) is 0 Å². The Balaban J connectivity index is 2.15. The van der Waals surface area contributed by atoms with E-state index in [-0.39, 0.29) is 24.6 Å². The normalized spacial score (nSPS) is 11.2. The Morgan fingerprint density at radius 3 is 2.81 bits per heavy atom. The molecule has 2 aromatic rings. The zero-order valence-corrected chi connectivity index (χ0v) is 11.1. The van der Waals surface area contributed by atoms with Gasteiger partial charge in [-0.2, -0.15) is 0 Å². The highest BCUT2D eigenvalue weighted by Crippen LogP contribution is 2.05. The van der Waals surface area contributed by atoms with Crippen molar-refractivity contribution in [3.8, 4) is 0 Å². The van der Waals surface area contributed by atoms with Gasteiger partial charge in [-0.15, -0.1) is 0 Å². The molecule has 0 bridgehead atoms. The van der Waals surface area contributed by atoms with Gasteiger partial charge in [0.15, 0.2) is 5.76 Å². The number of hydrogen-bond donors (Lipinski definition) is 4. The molecule has 0 saturated carbocycles. The molecule has 0 spiro atoms. The molecule has 7 nitrogen and oxygen atoms in total. The fourth-order valence-corrected chi connectivity index (χ4v) is 1.60. The van der Waals surface area contributed by atoms with Gasteiger partial charge in [0.05, 0.1) is 12.9 Å². The number of aromatic amines is 1. The lowest BCUT2D eigenvalue weighted by Crippen LogP contribution is -2.36. The molecule has 0 aliphatic rings. The molecule has 2 heterocycles. The zero-order valence-electron chi connectivity index (χ0n) is 11.1. The molecule has 2 rings (SSSR count). The number of amides is 2. The number of aliphatic hydroxyl groups is 1. The van der Waals surface area contributed by atoms with Crippen LogP contribution in [0, 0.1) is 0 Å². The zero-order chi connectivity index (χ0) is 15.1. The van der Waals surface area contributed by atoms with Gasteiger partial charge in [0, 0.05) is 18.4 Å². The lowest BCUT2D eigenvalue weighted by molar-refractivity contribution is -0.117. The third-order valence-electron chi connectivity index (χ3n) is 2.56. The largest absolute Gasteiger partial charge is 0.459 e. The van der Waals surface area contributed by atoms with Crippen LogP contribution in [0.2, 0.25) is 0 Å². The summed E-state index contributed by atoms with van der Waals surface area (Å²) in [7, 11) is 0. The summed E-state index contributed by atoms with van der Waals surface area (Å²) in [5, 5.41) is 13.7. The number of hydrogen-bond acceptors (Lipinski definition) is 4. The van der Waals surface area contributed by atoms with Crippen molar-refractivity contribution in [2.24, 2.45) is 0 Å². The fourth-order valence-electron chi connectivity index (χ4n) is 1.60. The van der Waals surface area contributed by atoms with E-state index in [9.17, 15) is 9.59 Å². The number of aliphatic hydroxyl groups excluding tert-OH is 1. The second-order valence-electron chi connectivity index (χ2n) is 4.09. The molecule has 0 atom stereocenters. The number of carbonyl (C=O) groups is 2. The molecule has 4 N–H and O–H groups in total. The van der Waals surface area contributed by atoms with Gasteiger partial charge in [0.2, 0.25) is 0 Å². The highest BCUT2D eigenvalue weighted by molar-refractivity contribution is 6.04. The first-order valence-electron chi connectivity index (χ1n) is 6.29. The van der Waals surface area contributed by atoms with Gasteiger partial charge >= 0.3 is 0 Å². The van der Waals surface area contributed by atoms with Gasteiger partial charge < -0.3 is 25.1 Å². The van der Waals surface area contributed by atoms with Gasteiger partial charge in [-0.25, -0.2) is 0 Å². The van der Waals surface area contributed by atoms with Crippen LogP contribution in [0.5, 0.6) is 0 Å². The van der Waals surface area contributed by atoms with Crippen molar-refractivity contribution < 1.29 is 19.1 Å². The lowest BCUT2D eigenvalue weighted by Gasteiger charge is -2.09. The molecule has 0 fully saturated rings. The van der Waals surface area contributed by atoms with Gasteiger partial charge in [-0.3, -0.25) is 9.59 Å². The minimum Gasteiger partial charge on any atom is -0.459 e. The van der Waals surface area contributed by atoms with E-state index in [1.165, 1.54) is 18.4 Å². The van der Waals surface area contributed by atoms with Crippen molar-refractivity contribution in [1.29, 1.82) is 0 Å². The summed E-state index contributed by atoms with van der Waals surface area (Å²) in [6.45, 7) is -0.0921. The molecule has 0 aromatic carbocycles. The molecule has 0 aliphatic heterocycles. The van der Waals surface area contributed by atoms with Crippen molar-refractivity contribution in [3.63, 3.8) is 0 Å². The van der Waals surface area contributed by atoms with Crippen LogP contribution >= 0.6 is 0 Å². The van der Waals surface area contributed by atoms with Crippen LogP contribution in [0.3, 0.4) is 0 Å². The predicted molar refractivity (Wildman–Crippen MR) is 75.0 cm³/mol. The third-order valence-corrected chi connectivity index (χ3v) is 2.56.